The first-order valence-electron chi connectivity index (χ1n) is 8.13. The van der Waals surface area contributed by atoms with Crippen LogP contribution in [0.2, 0.25) is 5.02 Å². The summed E-state index contributed by atoms with van der Waals surface area (Å²) in [4.78, 5) is 16.3. The molecule has 0 aliphatic rings. The fraction of sp³-hybridized carbons (Fsp3) is 0.211. The second kappa shape index (κ2) is 8.01. The summed E-state index contributed by atoms with van der Waals surface area (Å²) in [5.41, 5.74) is 1.42. The van der Waals surface area contributed by atoms with Gasteiger partial charge in [0.25, 0.3) is 11.8 Å². The van der Waals surface area contributed by atoms with E-state index in [0.717, 1.165) is 5.56 Å². The summed E-state index contributed by atoms with van der Waals surface area (Å²) >= 11 is 5.89. The van der Waals surface area contributed by atoms with Crippen LogP contribution in [0.25, 0.3) is 11.5 Å². The van der Waals surface area contributed by atoms with Gasteiger partial charge >= 0.3 is 0 Å². The highest BCUT2D eigenvalue weighted by Crippen LogP contribution is 2.22. The minimum Gasteiger partial charge on any atom is -0.484 e. The second-order valence-electron chi connectivity index (χ2n) is 5.98. The number of aromatic nitrogens is 2. The van der Waals surface area contributed by atoms with E-state index in [9.17, 15) is 4.79 Å². The molecule has 1 amide bonds. The van der Waals surface area contributed by atoms with Crippen LogP contribution in [0.3, 0.4) is 0 Å². The van der Waals surface area contributed by atoms with Gasteiger partial charge in [-0.1, -0.05) is 36.7 Å². The lowest BCUT2D eigenvalue weighted by Gasteiger charge is -2.08. The predicted molar refractivity (Wildman–Crippen MR) is 99.4 cm³/mol. The van der Waals surface area contributed by atoms with Crippen LogP contribution < -0.4 is 10.1 Å². The van der Waals surface area contributed by atoms with Crippen molar-refractivity contribution in [3.05, 3.63) is 59.4 Å². The molecule has 134 valence electrons. The number of hydrogen-bond donors (Lipinski definition) is 1. The molecule has 0 aliphatic carbocycles. The van der Waals surface area contributed by atoms with E-state index in [-0.39, 0.29) is 18.4 Å². The molecule has 0 unspecified atom stereocenters. The molecule has 1 N–H and O–H groups in total. The van der Waals surface area contributed by atoms with E-state index in [1.54, 1.807) is 36.4 Å². The second-order valence-corrected chi connectivity index (χ2v) is 6.42. The van der Waals surface area contributed by atoms with Gasteiger partial charge in [-0.2, -0.15) is 4.98 Å². The summed E-state index contributed by atoms with van der Waals surface area (Å²) in [6, 6.07) is 14.0. The number of carbonyl (C=O) groups is 1. The Morgan fingerprint density at radius 3 is 2.65 bits per heavy atom. The summed E-state index contributed by atoms with van der Waals surface area (Å²) in [6.45, 7) is 3.89. The zero-order valence-electron chi connectivity index (χ0n) is 14.4. The average Bonchev–Trinajstić information content (AvgIpc) is 3.11. The monoisotopic (exact) mass is 371 g/mol. The lowest BCUT2D eigenvalue weighted by molar-refractivity contribution is -0.118. The molecule has 0 saturated heterocycles. The number of amides is 1. The maximum atomic E-state index is 11.9. The van der Waals surface area contributed by atoms with Crippen molar-refractivity contribution in [3.63, 3.8) is 0 Å². The molecule has 2 aromatic carbocycles. The largest absolute Gasteiger partial charge is 0.484 e. The Morgan fingerprint density at radius 2 is 2.00 bits per heavy atom. The Hall–Kier alpha value is -2.86. The number of benzene rings is 2. The molecule has 7 heteroatoms. The molecule has 0 aliphatic heterocycles. The van der Waals surface area contributed by atoms with Gasteiger partial charge in [0.15, 0.2) is 12.4 Å². The average molecular weight is 372 g/mol. The highest BCUT2D eigenvalue weighted by atomic mass is 35.5. The van der Waals surface area contributed by atoms with E-state index in [4.69, 9.17) is 20.9 Å². The summed E-state index contributed by atoms with van der Waals surface area (Å²) in [5.74, 6) is 1.62. The maximum absolute atomic E-state index is 11.9. The van der Waals surface area contributed by atoms with Crippen LogP contribution in [0.1, 0.15) is 25.6 Å². The van der Waals surface area contributed by atoms with Crippen molar-refractivity contribution in [3.8, 4) is 17.2 Å². The SMILES string of the molecule is CC(C)c1noc(-c2ccc(OCC(=O)Nc3cccc(Cl)c3)cc2)n1. The molecule has 1 heterocycles. The van der Waals surface area contributed by atoms with Crippen molar-refractivity contribution in [2.75, 3.05) is 11.9 Å². The standard InChI is InChI=1S/C19H18ClN3O3/c1-12(2)18-22-19(26-23-18)13-6-8-16(9-7-13)25-11-17(24)21-15-5-3-4-14(20)10-15/h3-10,12H,11H2,1-2H3,(H,21,24). The van der Waals surface area contributed by atoms with Gasteiger partial charge in [-0.25, -0.2) is 0 Å². The van der Waals surface area contributed by atoms with Crippen molar-refractivity contribution in [1.82, 2.24) is 10.1 Å². The Bertz CT molecular complexity index is 891. The topological polar surface area (TPSA) is 77.2 Å². The van der Waals surface area contributed by atoms with Gasteiger partial charge in [0.2, 0.25) is 0 Å². The molecule has 26 heavy (non-hydrogen) atoms. The number of carbonyl (C=O) groups excluding carboxylic acids is 1. The smallest absolute Gasteiger partial charge is 0.262 e. The van der Waals surface area contributed by atoms with Crippen molar-refractivity contribution in [2.24, 2.45) is 0 Å². The van der Waals surface area contributed by atoms with Gasteiger partial charge in [0.1, 0.15) is 5.75 Å². The Morgan fingerprint density at radius 1 is 1.23 bits per heavy atom. The quantitative estimate of drug-likeness (QED) is 0.688. The maximum Gasteiger partial charge on any atom is 0.262 e. The number of anilines is 1. The first-order valence-corrected chi connectivity index (χ1v) is 8.51. The van der Waals surface area contributed by atoms with Gasteiger partial charge in [-0.3, -0.25) is 4.79 Å². The fourth-order valence-electron chi connectivity index (χ4n) is 2.19. The van der Waals surface area contributed by atoms with Gasteiger partial charge in [0.05, 0.1) is 0 Å². The van der Waals surface area contributed by atoms with E-state index in [1.165, 1.54) is 0 Å². The molecule has 0 spiro atoms. The molecule has 0 saturated carbocycles. The van der Waals surface area contributed by atoms with Crippen LogP contribution in [0, 0.1) is 0 Å². The van der Waals surface area contributed by atoms with E-state index >= 15 is 0 Å². The van der Waals surface area contributed by atoms with Crippen LogP contribution in [-0.2, 0) is 4.79 Å². The zero-order chi connectivity index (χ0) is 18.5. The molecular weight excluding hydrogens is 354 g/mol. The molecule has 0 fully saturated rings. The molecule has 3 aromatic rings. The molecule has 1 aromatic heterocycles. The minimum absolute atomic E-state index is 0.107. The normalized spacial score (nSPS) is 10.8. The lowest BCUT2D eigenvalue weighted by atomic mass is 10.2. The highest BCUT2D eigenvalue weighted by Gasteiger charge is 2.11. The zero-order valence-corrected chi connectivity index (χ0v) is 15.2. The number of hydrogen-bond acceptors (Lipinski definition) is 5. The molecular formula is C19H18ClN3O3. The van der Waals surface area contributed by atoms with Crippen molar-refractivity contribution in [1.29, 1.82) is 0 Å². The minimum atomic E-state index is -0.269. The van der Waals surface area contributed by atoms with E-state index in [0.29, 0.717) is 28.2 Å². The third-order valence-electron chi connectivity index (χ3n) is 3.54. The van der Waals surface area contributed by atoms with Crippen molar-refractivity contribution >= 4 is 23.2 Å². The van der Waals surface area contributed by atoms with Gasteiger partial charge in [-0.15, -0.1) is 0 Å². The molecule has 3 rings (SSSR count). The summed E-state index contributed by atoms with van der Waals surface area (Å²) < 4.78 is 10.7. The lowest BCUT2D eigenvalue weighted by Crippen LogP contribution is -2.20. The predicted octanol–water partition coefficient (Wildman–Crippen LogP) is 4.53. The first kappa shape index (κ1) is 17.9. The van der Waals surface area contributed by atoms with Crippen LogP contribution in [0.5, 0.6) is 5.75 Å². The number of halogens is 1. The van der Waals surface area contributed by atoms with Crippen LogP contribution >= 0.6 is 11.6 Å². The number of rotatable bonds is 6. The molecule has 0 radical (unpaired) electrons. The summed E-state index contributed by atoms with van der Waals surface area (Å²) in [5, 5.41) is 7.22. The molecule has 0 atom stereocenters. The van der Waals surface area contributed by atoms with Crippen LogP contribution in [0.4, 0.5) is 5.69 Å². The molecule has 6 nitrogen and oxygen atoms in total. The first-order chi connectivity index (χ1) is 12.5. The number of nitrogens with one attached hydrogen (secondary N) is 1. The molecule has 0 bridgehead atoms. The van der Waals surface area contributed by atoms with Gasteiger partial charge < -0.3 is 14.6 Å². The van der Waals surface area contributed by atoms with E-state index in [2.05, 4.69) is 15.5 Å². The van der Waals surface area contributed by atoms with Crippen LogP contribution in [0.15, 0.2) is 53.1 Å². The Labute approximate surface area is 156 Å². The summed E-state index contributed by atoms with van der Waals surface area (Å²) in [6.07, 6.45) is 0. The van der Waals surface area contributed by atoms with Crippen molar-refractivity contribution in [2.45, 2.75) is 19.8 Å². The third kappa shape index (κ3) is 4.61. The van der Waals surface area contributed by atoms with Crippen LogP contribution in [-0.4, -0.2) is 22.7 Å². The fourth-order valence-corrected chi connectivity index (χ4v) is 2.38. The number of ether oxygens (including phenoxy) is 1. The summed E-state index contributed by atoms with van der Waals surface area (Å²) in [7, 11) is 0. The highest BCUT2D eigenvalue weighted by molar-refractivity contribution is 6.30. The van der Waals surface area contributed by atoms with Crippen molar-refractivity contribution < 1.29 is 14.1 Å². The van der Waals surface area contributed by atoms with E-state index < -0.39 is 0 Å². The van der Waals surface area contributed by atoms with Gasteiger partial charge in [-0.05, 0) is 42.5 Å². The van der Waals surface area contributed by atoms with E-state index in [1.807, 2.05) is 26.0 Å². The Balaban J connectivity index is 1.56. The number of nitrogens with zero attached hydrogens (tertiary/aromatic N) is 2. The third-order valence-corrected chi connectivity index (χ3v) is 3.77. The Kier molecular flexibility index (Phi) is 5.53. The van der Waals surface area contributed by atoms with Gasteiger partial charge in [0, 0.05) is 22.2 Å².